The van der Waals surface area contributed by atoms with Crippen LogP contribution in [0.15, 0.2) is 36.4 Å². The van der Waals surface area contributed by atoms with Gasteiger partial charge in [0.15, 0.2) is 23.1 Å². The van der Waals surface area contributed by atoms with Crippen LogP contribution < -0.4 is 9.47 Å². The molecule has 0 aromatic heterocycles. The Hall–Kier alpha value is -2.63. The third kappa shape index (κ3) is 3.28. The van der Waals surface area contributed by atoms with Crippen molar-refractivity contribution in [3.05, 3.63) is 59.2 Å². The van der Waals surface area contributed by atoms with Crippen LogP contribution in [0, 0.1) is 11.6 Å². The van der Waals surface area contributed by atoms with Gasteiger partial charge in [0.25, 0.3) is 0 Å². The Morgan fingerprint density at radius 1 is 1.19 bits per heavy atom. The van der Waals surface area contributed by atoms with Crippen LogP contribution in [0.1, 0.15) is 15.9 Å². The fourth-order valence-electron chi connectivity index (χ4n) is 1.73. The SMILES string of the molecule is COc1cccc(COc2ccc(C(=O)O)cc2F)c1F. The Bertz CT molecular complexity index is 671. The predicted molar refractivity (Wildman–Crippen MR) is 70.6 cm³/mol. The van der Waals surface area contributed by atoms with Crippen LogP contribution in [0.2, 0.25) is 0 Å². The van der Waals surface area contributed by atoms with Crippen molar-refractivity contribution in [2.24, 2.45) is 0 Å². The number of carboxylic acids is 1. The first kappa shape index (κ1) is 14.8. The highest BCUT2D eigenvalue weighted by Gasteiger charge is 2.12. The Morgan fingerprint density at radius 2 is 1.95 bits per heavy atom. The average Bonchev–Trinajstić information content (AvgIpc) is 2.47. The van der Waals surface area contributed by atoms with Crippen LogP contribution in [0.25, 0.3) is 0 Å². The fraction of sp³-hybridized carbons (Fsp3) is 0.133. The van der Waals surface area contributed by atoms with Gasteiger partial charge < -0.3 is 14.6 Å². The Labute approximate surface area is 119 Å². The lowest BCUT2D eigenvalue weighted by molar-refractivity contribution is 0.0696. The summed E-state index contributed by atoms with van der Waals surface area (Å²) in [5.74, 6) is -2.72. The van der Waals surface area contributed by atoms with Crippen LogP contribution >= 0.6 is 0 Å². The van der Waals surface area contributed by atoms with Gasteiger partial charge in [0, 0.05) is 5.56 Å². The molecule has 2 rings (SSSR count). The van der Waals surface area contributed by atoms with Crippen molar-refractivity contribution < 1.29 is 28.2 Å². The Balaban J connectivity index is 2.15. The molecule has 0 amide bonds. The van der Waals surface area contributed by atoms with Crippen LogP contribution in [-0.4, -0.2) is 18.2 Å². The maximum atomic E-state index is 13.9. The minimum Gasteiger partial charge on any atom is -0.494 e. The van der Waals surface area contributed by atoms with Gasteiger partial charge in [-0.05, 0) is 24.3 Å². The highest BCUT2D eigenvalue weighted by molar-refractivity contribution is 5.87. The zero-order chi connectivity index (χ0) is 15.4. The van der Waals surface area contributed by atoms with Gasteiger partial charge in [-0.1, -0.05) is 12.1 Å². The molecule has 0 radical (unpaired) electrons. The second-order valence-electron chi connectivity index (χ2n) is 4.17. The van der Waals surface area contributed by atoms with E-state index in [2.05, 4.69) is 0 Å². The van der Waals surface area contributed by atoms with Gasteiger partial charge >= 0.3 is 5.97 Å². The maximum Gasteiger partial charge on any atom is 0.335 e. The van der Waals surface area contributed by atoms with E-state index < -0.39 is 17.6 Å². The third-order valence-electron chi connectivity index (χ3n) is 2.83. The molecule has 2 aromatic rings. The van der Waals surface area contributed by atoms with Crippen molar-refractivity contribution in [1.82, 2.24) is 0 Å². The normalized spacial score (nSPS) is 10.2. The lowest BCUT2D eigenvalue weighted by atomic mass is 10.2. The molecule has 4 nitrogen and oxygen atoms in total. The summed E-state index contributed by atoms with van der Waals surface area (Å²) in [5, 5.41) is 8.73. The first-order valence-corrected chi connectivity index (χ1v) is 6.00. The van der Waals surface area contributed by atoms with E-state index in [1.54, 1.807) is 6.07 Å². The number of rotatable bonds is 5. The van der Waals surface area contributed by atoms with Gasteiger partial charge in [0.2, 0.25) is 0 Å². The molecule has 0 heterocycles. The molecule has 21 heavy (non-hydrogen) atoms. The fourth-order valence-corrected chi connectivity index (χ4v) is 1.73. The summed E-state index contributed by atoms with van der Waals surface area (Å²) >= 11 is 0. The molecule has 110 valence electrons. The second kappa shape index (κ2) is 6.21. The lowest BCUT2D eigenvalue weighted by Crippen LogP contribution is -2.03. The first-order chi connectivity index (χ1) is 10.0. The van der Waals surface area contributed by atoms with Gasteiger partial charge in [-0.3, -0.25) is 0 Å². The molecule has 0 aliphatic rings. The smallest absolute Gasteiger partial charge is 0.335 e. The van der Waals surface area contributed by atoms with E-state index in [0.717, 1.165) is 6.07 Å². The molecular weight excluding hydrogens is 282 g/mol. The molecule has 2 aromatic carbocycles. The minimum atomic E-state index is -1.24. The number of methoxy groups -OCH3 is 1. The molecule has 6 heteroatoms. The monoisotopic (exact) mass is 294 g/mol. The largest absolute Gasteiger partial charge is 0.494 e. The molecule has 0 saturated heterocycles. The highest BCUT2D eigenvalue weighted by Crippen LogP contribution is 2.23. The standard InChI is InChI=1S/C15H12F2O4/c1-20-13-4-2-3-10(14(13)17)8-21-12-6-5-9(15(18)19)7-11(12)16/h2-7H,8H2,1H3,(H,18,19). The molecule has 0 spiro atoms. The van der Waals surface area contributed by atoms with E-state index >= 15 is 0 Å². The molecule has 0 aliphatic heterocycles. The molecule has 0 fully saturated rings. The van der Waals surface area contributed by atoms with Crippen molar-refractivity contribution in [1.29, 1.82) is 0 Å². The number of benzene rings is 2. The summed E-state index contributed by atoms with van der Waals surface area (Å²) in [6.07, 6.45) is 0. The molecule has 0 atom stereocenters. The zero-order valence-corrected chi connectivity index (χ0v) is 11.1. The summed E-state index contributed by atoms with van der Waals surface area (Å²) in [5.41, 5.74) is 0.0171. The maximum absolute atomic E-state index is 13.9. The minimum absolute atomic E-state index is 0.0674. The summed E-state index contributed by atoms with van der Waals surface area (Å²) in [4.78, 5) is 10.7. The van der Waals surface area contributed by atoms with Gasteiger partial charge in [0.1, 0.15) is 6.61 Å². The lowest BCUT2D eigenvalue weighted by Gasteiger charge is -2.10. The molecule has 0 aliphatic carbocycles. The summed E-state index contributed by atoms with van der Waals surface area (Å²) in [6.45, 7) is -0.202. The van der Waals surface area contributed by atoms with E-state index in [0.29, 0.717) is 0 Å². The van der Waals surface area contributed by atoms with E-state index in [1.807, 2.05) is 0 Å². The van der Waals surface area contributed by atoms with Gasteiger partial charge in [0.05, 0.1) is 12.7 Å². The average molecular weight is 294 g/mol. The molecule has 0 saturated carbocycles. The number of halogens is 2. The number of hydrogen-bond donors (Lipinski definition) is 1. The quantitative estimate of drug-likeness (QED) is 0.919. The predicted octanol–water partition coefficient (Wildman–Crippen LogP) is 3.25. The van der Waals surface area contributed by atoms with Gasteiger partial charge in [-0.25, -0.2) is 13.6 Å². The van der Waals surface area contributed by atoms with Gasteiger partial charge in [-0.2, -0.15) is 0 Å². The van der Waals surface area contributed by atoms with Gasteiger partial charge in [-0.15, -0.1) is 0 Å². The molecule has 1 N–H and O–H groups in total. The van der Waals surface area contributed by atoms with Crippen molar-refractivity contribution in [2.75, 3.05) is 7.11 Å². The van der Waals surface area contributed by atoms with Crippen LogP contribution in [0.4, 0.5) is 8.78 Å². The Kier molecular flexibility index (Phi) is 4.37. The van der Waals surface area contributed by atoms with Crippen LogP contribution in [0.5, 0.6) is 11.5 Å². The van der Waals surface area contributed by atoms with E-state index in [-0.39, 0.29) is 29.2 Å². The highest BCUT2D eigenvalue weighted by atomic mass is 19.1. The van der Waals surface area contributed by atoms with E-state index in [4.69, 9.17) is 14.6 Å². The third-order valence-corrected chi connectivity index (χ3v) is 2.83. The summed E-state index contributed by atoms with van der Waals surface area (Å²) in [7, 11) is 1.34. The summed E-state index contributed by atoms with van der Waals surface area (Å²) in [6, 6.07) is 7.78. The topological polar surface area (TPSA) is 55.8 Å². The molecular formula is C15H12F2O4. The number of ether oxygens (including phenoxy) is 2. The van der Waals surface area contributed by atoms with Crippen molar-refractivity contribution in [2.45, 2.75) is 6.61 Å². The number of aromatic carboxylic acids is 1. The van der Waals surface area contributed by atoms with Crippen LogP contribution in [-0.2, 0) is 6.61 Å². The second-order valence-corrected chi connectivity index (χ2v) is 4.17. The Morgan fingerprint density at radius 3 is 2.57 bits per heavy atom. The number of carbonyl (C=O) groups is 1. The van der Waals surface area contributed by atoms with Crippen LogP contribution in [0.3, 0.4) is 0 Å². The van der Waals surface area contributed by atoms with E-state index in [9.17, 15) is 13.6 Å². The van der Waals surface area contributed by atoms with Crippen molar-refractivity contribution in [3.8, 4) is 11.5 Å². The first-order valence-electron chi connectivity index (χ1n) is 6.00. The van der Waals surface area contributed by atoms with E-state index in [1.165, 1.54) is 31.4 Å². The molecule has 0 bridgehead atoms. The summed E-state index contributed by atoms with van der Waals surface area (Å²) < 4.78 is 37.5. The van der Waals surface area contributed by atoms with Crippen molar-refractivity contribution >= 4 is 5.97 Å². The number of hydrogen-bond acceptors (Lipinski definition) is 3. The van der Waals surface area contributed by atoms with Crippen molar-refractivity contribution in [3.63, 3.8) is 0 Å². The number of carboxylic acid groups (broad SMARTS) is 1. The molecule has 0 unspecified atom stereocenters. The zero-order valence-electron chi connectivity index (χ0n) is 11.1.